The Bertz CT molecular complexity index is 299. The summed E-state index contributed by atoms with van der Waals surface area (Å²) in [5.74, 6) is 0.0854. The number of hydrogen-bond donors (Lipinski definition) is 2. The highest BCUT2D eigenvalue weighted by Gasteiger charge is 2.20. The molecule has 1 aliphatic carbocycles. The number of carbonyl (C=O) groups is 2. The second-order valence-corrected chi connectivity index (χ2v) is 4.77. The van der Waals surface area contributed by atoms with Crippen molar-refractivity contribution >= 4 is 11.9 Å². The topological polar surface area (TPSA) is 70.7 Å². The van der Waals surface area contributed by atoms with E-state index < -0.39 is 0 Å². The van der Waals surface area contributed by atoms with Crippen molar-refractivity contribution in [2.45, 2.75) is 31.7 Å². The lowest BCUT2D eigenvalue weighted by Gasteiger charge is -2.27. The number of carbonyl (C=O) groups excluding carboxylic acids is 2. The molecule has 0 aromatic carbocycles. The van der Waals surface area contributed by atoms with E-state index in [9.17, 15) is 9.59 Å². The van der Waals surface area contributed by atoms with E-state index in [4.69, 9.17) is 4.74 Å². The third-order valence-electron chi connectivity index (χ3n) is 3.43. The number of hydrogen-bond acceptors (Lipinski definition) is 3. The molecule has 6 heteroatoms. The van der Waals surface area contributed by atoms with Gasteiger partial charge in [-0.25, -0.2) is 4.79 Å². The fraction of sp³-hybridized carbons (Fsp3) is 0.833. The summed E-state index contributed by atoms with van der Waals surface area (Å²) in [5.41, 5.74) is 0. The predicted molar refractivity (Wildman–Crippen MR) is 66.2 cm³/mol. The first-order valence-electron chi connectivity index (χ1n) is 6.65. The average Bonchev–Trinajstić information content (AvgIpc) is 2.35. The van der Waals surface area contributed by atoms with Gasteiger partial charge in [-0.05, 0) is 19.3 Å². The molecule has 2 rings (SSSR count). The Morgan fingerprint density at radius 3 is 2.56 bits per heavy atom. The van der Waals surface area contributed by atoms with E-state index in [1.165, 1.54) is 6.42 Å². The molecule has 0 atom stereocenters. The van der Waals surface area contributed by atoms with Gasteiger partial charge >= 0.3 is 6.03 Å². The van der Waals surface area contributed by atoms with E-state index in [2.05, 4.69) is 10.6 Å². The quantitative estimate of drug-likeness (QED) is 0.748. The van der Waals surface area contributed by atoms with Crippen LogP contribution in [0, 0.1) is 0 Å². The van der Waals surface area contributed by atoms with Gasteiger partial charge in [0.2, 0.25) is 5.91 Å². The van der Waals surface area contributed by atoms with Gasteiger partial charge in [0, 0.05) is 32.1 Å². The Hall–Kier alpha value is -1.30. The van der Waals surface area contributed by atoms with E-state index in [0.717, 1.165) is 12.8 Å². The molecule has 1 saturated carbocycles. The van der Waals surface area contributed by atoms with Crippen LogP contribution in [0.5, 0.6) is 0 Å². The van der Waals surface area contributed by atoms with Gasteiger partial charge in [-0.15, -0.1) is 0 Å². The Labute approximate surface area is 107 Å². The zero-order valence-electron chi connectivity index (χ0n) is 10.6. The minimum atomic E-state index is -0.158. The highest BCUT2D eigenvalue weighted by molar-refractivity contribution is 5.78. The molecular formula is C12H21N3O3. The zero-order chi connectivity index (χ0) is 12.8. The molecule has 0 aromatic rings. The van der Waals surface area contributed by atoms with E-state index in [1.54, 1.807) is 4.90 Å². The van der Waals surface area contributed by atoms with Crippen LogP contribution in [0.4, 0.5) is 4.79 Å². The molecule has 2 fully saturated rings. The first kappa shape index (κ1) is 13.1. The Morgan fingerprint density at radius 2 is 1.94 bits per heavy atom. The first-order chi connectivity index (χ1) is 8.75. The van der Waals surface area contributed by atoms with Gasteiger partial charge < -0.3 is 20.3 Å². The normalized spacial score (nSPS) is 20.1. The molecule has 0 aromatic heterocycles. The van der Waals surface area contributed by atoms with Gasteiger partial charge in [0.05, 0.1) is 13.2 Å². The van der Waals surface area contributed by atoms with Crippen LogP contribution in [0.3, 0.4) is 0 Å². The summed E-state index contributed by atoms with van der Waals surface area (Å²) < 4.78 is 5.18. The van der Waals surface area contributed by atoms with Gasteiger partial charge in [0.1, 0.15) is 0 Å². The lowest BCUT2D eigenvalue weighted by atomic mass is 9.93. The van der Waals surface area contributed by atoms with Gasteiger partial charge in [-0.2, -0.15) is 0 Å². The second kappa shape index (κ2) is 6.58. The van der Waals surface area contributed by atoms with Crippen LogP contribution in [0.2, 0.25) is 0 Å². The minimum Gasteiger partial charge on any atom is -0.378 e. The number of ether oxygens (including phenoxy) is 1. The molecule has 3 amide bonds. The highest BCUT2D eigenvalue weighted by Crippen LogP contribution is 2.17. The molecule has 0 unspecified atom stereocenters. The maximum absolute atomic E-state index is 11.8. The minimum absolute atomic E-state index is 0.0854. The van der Waals surface area contributed by atoms with Gasteiger partial charge in [0.25, 0.3) is 0 Å². The summed E-state index contributed by atoms with van der Waals surface area (Å²) in [6, 6.07) is 0.175. The third-order valence-corrected chi connectivity index (χ3v) is 3.43. The fourth-order valence-corrected chi connectivity index (χ4v) is 2.04. The van der Waals surface area contributed by atoms with Crippen molar-refractivity contribution in [2.75, 3.05) is 32.8 Å². The Morgan fingerprint density at radius 1 is 1.22 bits per heavy atom. The third kappa shape index (κ3) is 3.87. The standard InChI is InChI=1S/C12H21N3O3/c16-11(15-6-8-18-9-7-15)4-5-13-12(17)14-10-2-1-3-10/h10H,1-9H2,(H2,13,14,17). The van der Waals surface area contributed by atoms with Crippen LogP contribution in [0.1, 0.15) is 25.7 Å². The summed E-state index contributed by atoms with van der Waals surface area (Å²) in [5, 5.41) is 5.60. The van der Waals surface area contributed by atoms with Crippen LogP contribution in [-0.4, -0.2) is 55.7 Å². The van der Waals surface area contributed by atoms with Crippen LogP contribution in [-0.2, 0) is 9.53 Å². The number of urea groups is 1. The van der Waals surface area contributed by atoms with Gasteiger partial charge in [-0.1, -0.05) is 0 Å². The molecule has 0 bridgehead atoms. The number of rotatable bonds is 4. The molecule has 1 saturated heterocycles. The highest BCUT2D eigenvalue weighted by atomic mass is 16.5. The number of morpholine rings is 1. The largest absolute Gasteiger partial charge is 0.378 e. The number of nitrogens with zero attached hydrogens (tertiary/aromatic N) is 1. The molecule has 0 spiro atoms. The van der Waals surface area contributed by atoms with Crippen LogP contribution < -0.4 is 10.6 Å². The molecule has 1 aliphatic heterocycles. The SMILES string of the molecule is O=C(NCCC(=O)N1CCOCC1)NC1CCC1. The van der Waals surface area contributed by atoms with Crippen LogP contribution in [0.15, 0.2) is 0 Å². The van der Waals surface area contributed by atoms with Crippen LogP contribution in [0.25, 0.3) is 0 Å². The van der Waals surface area contributed by atoms with Crippen LogP contribution >= 0.6 is 0 Å². The number of nitrogens with one attached hydrogen (secondary N) is 2. The van der Waals surface area contributed by atoms with E-state index in [-0.39, 0.29) is 11.9 Å². The predicted octanol–water partition coefficient (Wildman–Crippen LogP) is 0.0870. The maximum atomic E-state index is 11.8. The smallest absolute Gasteiger partial charge is 0.315 e. The van der Waals surface area contributed by atoms with Gasteiger partial charge in [0.15, 0.2) is 0 Å². The molecule has 1 heterocycles. The van der Waals surface area contributed by atoms with Crippen molar-refractivity contribution in [3.05, 3.63) is 0 Å². The van der Waals surface area contributed by atoms with Crippen molar-refractivity contribution in [1.82, 2.24) is 15.5 Å². The monoisotopic (exact) mass is 255 g/mol. The first-order valence-corrected chi connectivity index (χ1v) is 6.65. The summed E-state index contributed by atoms with van der Waals surface area (Å²) in [7, 11) is 0. The molecular weight excluding hydrogens is 234 g/mol. The summed E-state index contributed by atoms with van der Waals surface area (Å²) in [4.78, 5) is 25.0. The lowest BCUT2D eigenvalue weighted by Crippen LogP contribution is -2.46. The summed E-state index contributed by atoms with van der Waals surface area (Å²) in [6.45, 7) is 2.94. The molecule has 102 valence electrons. The fourth-order valence-electron chi connectivity index (χ4n) is 2.04. The van der Waals surface area contributed by atoms with E-state index in [0.29, 0.717) is 45.3 Å². The average molecular weight is 255 g/mol. The summed E-state index contributed by atoms with van der Waals surface area (Å²) in [6.07, 6.45) is 3.69. The van der Waals surface area contributed by atoms with Crippen molar-refractivity contribution in [3.8, 4) is 0 Å². The maximum Gasteiger partial charge on any atom is 0.315 e. The Balaban J connectivity index is 1.56. The summed E-state index contributed by atoms with van der Waals surface area (Å²) >= 11 is 0. The van der Waals surface area contributed by atoms with Crippen molar-refractivity contribution in [3.63, 3.8) is 0 Å². The molecule has 2 aliphatic rings. The molecule has 0 radical (unpaired) electrons. The Kier molecular flexibility index (Phi) is 4.81. The second-order valence-electron chi connectivity index (χ2n) is 4.77. The molecule has 18 heavy (non-hydrogen) atoms. The van der Waals surface area contributed by atoms with Crippen molar-refractivity contribution in [1.29, 1.82) is 0 Å². The van der Waals surface area contributed by atoms with Crippen molar-refractivity contribution in [2.24, 2.45) is 0 Å². The van der Waals surface area contributed by atoms with Gasteiger partial charge in [-0.3, -0.25) is 4.79 Å². The lowest BCUT2D eigenvalue weighted by molar-refractivity contribution is -0.135. The zero-order valence-corrected chi connectivity index (χ0v) is 10.6. The van der Waals surface area contributed by atoms with E-state index in [1.807, 2.05) is 0 Å². The number of amides is 3. The van der Waals surface area contributed by atoms with Crippen molar-refractivity contribution < 1.29 is 14.3 Å². The van der Waals surface area contributed by atoms with E-state index >= 15 is 0 Å². The molecule has 2 N–H and O–H groups in total. The molecule has 6 nitrogen and oxygen atoms in total.